The van der Waals surface area contributed by atoms with Crippen molar-refractivity contribution in [3.63, 3.8) is 0 Å². The summed E-state index contributed by atoms with van der Waals surface area (Å²) < 4.78 is 1.64. The van der Waals surface area contributed by atoms with E-state index in [2.05, 4.69) is 25.9 Å². The molecule has 0 saturated carbocycles. The average Bonchev–Trinajstić information content (AvgIpc) is 3.38. The molecule has 0 radical (unpaired) electrons. The van der Waals surface area contributed by atoms with Gasteiger partial charge >= 0.3 is 0 Å². The third-order valence-corrected chi connectivity index (χ3v) is 4.42. The summed E-state index contributed by atoms with van der Waals surface area (Å²) in [5.41, 5.74) is 1.58. The first-order chi connectivity index (χ1) is 12.8. The Morgan fingerprint density at radius 3 is 2.46 bits per heavy atom. The van der Waals surface area contributed by atoms with Gasteiger partial charge in [-0.2, -0.15) is 5.10 Å². The van der Waals surface area contributed by atoms with Crippen molar-refractivity contribution in [2.24, 2.45) is 0 Å². The summed E-state index contributed by atoms with van der Waals surface area (Å²) in [6.07, 6.45) is 3.49. The van der Waals surface area contributed by atoms with E-state index in [9.17, 15) is 4.79 Å². The SMILES string of the molecule is O=C(Nc1ccc(Nc2ccc(-n3cccn3)nn2)cc1)c1cccs1. The second-order valence-corrected chi connectivity index (χ2v) is 6.31. The number of nitrogens with one attached hydrogen (secondary N) is 2. The monoisotopic (exact) mass is 362 g/mol. The average molecular weight is 362 g/mol. The molecule has 2 N–H and O–H groups in total. The summed E-state index contributed by atoms with van der Waals surface area (Å²) in [5, 5.41) is 20.3. The van der Waals surface area contributed by atoms with E-state index in [1.165, 1.54) is 11.3 Å². The molecule has 1 aromatic carbocycles. The fourth-order valence-electron chi connectivity index (χ4n) is 2.30. The smallest absolute Gasteiger partial charge is 0.265 e. The Morgan fingerprint density at radius 1 is 0.962 bits per heavy atom. The fourth-order valence-corrected chi connectivity index (χ4v) is 2.92. The number of amides is 1. The van der Waals surface area contributed by atoms with Crippen molar-refractivity contribution in [1.29, 1.82) is 0 Å². The second-order valence-electron chi connectivity index (χ2n) is 5.36. The van der Waals surface area contributed by atoms with Crippen molar-refractivity contribution in [1.82, 2.24) is 20.0 Å². The van der Waals surface area contributed by atoms with E-state index in [0.29, 0.717) is 16.5 Å². The summed E-state index contributed by atoms with van der Waals surface area (Å²) in [6.45, 7) is 0. The molecular weight excluding hydrogens is 348 g/mol. The summed E-state index contributed by atoms with van der Waals surface area (Å²) in [5.74, 6) is 1.16. The molecule has 3 heterocycles. The summed E-state index contributed by atoms with van der Waals surface area (Å²) in [6, 6.07) is 16.5. The van der Waals surface area contributed by atoms with Crippen molar-refractivity contribution in [2.45, 2.75) is 0 Å². The van der Waals surface area contributed by atoms with Crippen molar-refractivity contribution < 1.29 is 4.79 Å². The molecule has 0 saturated heterocycles. The van der Waals surface area contributed by atoms with Crippen LogP contribution in [0.1, 0.15) is 9.67 Å². The zero-order chi connectivity index (χ0) is 17.8. The first-order valence-electron chi connectivity index (χ1n) is 7.84. The maximum absolute atomic E-state index is 12.0. The molecule has 128 valence electrons. The highest BCUT2D eigenvalue weighted by Crippen LogP contribution is 2.19. The number of rotatable bonds is 5. The lowest BCUT2D eigenvalue weighted by molar-refractivity contribution is 0.103. The Bertz CT molecular complexity index is 979. The van der Waals surface area contributed by atoms with Crippen LogP contribution in [0.15, 0.2) is 72.4 Å². The maximum Gasteiger partial charge on any atom is 0.265 e. The van der Waals surface area contributed by atoms with Gasteiger partial charge in [-0.05, 0) is 53.9 Å². The van der Waals surface area contributed by atoms with E-state index in [1.54, 1.807) is 23.1 Å². The first-order valence-corrected chi connectivity index (χ1v) is 8.71. The van der Waals surface area contributed by atoms with Crippen LogP contribution in [0.5, 0.6) is 0 Å². The molecule has 26 heavy (non-hydrogen) atoms. The molecule has 1 amide bonds. The zero-order valence-electron chi connectivity index (χ0n) is 13.5. The van der Waals surface area contributed by atoms with Crippen LogP contribution in [0.25, 0.3) is 5.82 Å². The van der Waals surface area contributed by atoms with Gasteiger partial charge in [-0.15, -0.1) is 21.5 Å². The predicted molar refractivity (Wildman–Crippen MR) is 101 cm³/mol. The van der Waals surface area contributed by atoms with Crippen LogP contribution < -0.4 is 10.6 Å². The van der Waals surface area contributed by atoms with Crippen LogP contribution >= 0.6 is 11.3 Å². The van der Waals surface area contributed by atoms with Crippen LogP contribution in [0.2, 0.25) is 0 Å². The standard InChI is InChI=1S/C18H14N6OS/c25-18(15-3-1-12-26-15)21-14-6-4-13(5-7-14)20-16-8-9-17(23-22-16)24-11-2-10-19-24/h1-12H,(H,20,22)(H,21,25). The van der Waals surface area contributed by atoms with Gasteiger partial charge in [0.25, 0.3) is 5.91 Å². The number of carbonyl (C=O) groups excluding carboxylic acids is 1. The Balaban J connectivity index is 1.40. The number of nitrogens with zero attached hydrogens (tertiary/aromatic N) is 4. The van der Waals surface area contributed by atoms with Gasteiger partial charge in [0.15, 0.2) is 11.6 Å². The highest BCUT2D eigenvalue weighted by molar-refractivity contribution is 7.12. The van der Waals surface area contributed by atoms with E-state index in [1.807, 2.05) is 53.9 Å². The third kappa shape index (κ3) is 3.60. The Hall–Kier alpha value is -3.52. The number of anilines is 3. The molecule has 4 rings (SSSR count). The maximum atomic E-state index is 12.0. The number of thiophene rings is 1. The predicted octanol–water partition coefficient (Wildman–Crippen LogP) is 3.72. The lowest BCUT2D eigenvalue weighted by Crippen LogP contribution is -2.09. The van der Waals surface area contributed by atoms with Gasteiger partial charge in [-0.3, -0.25) is 4.79 Å². The van der Waals surface area contributed by atoms with Crippen LogP contribution in [-0.4, -0.2) is 25.9 Å². The Morgan fingerprint density at radius 2 is 1.81 bits per heavy atom. The lowest BCUT2D eigenvalue weighted by atomic mass is 10.2. The molecule has 0 spiro atoms. The number of aromatic nitrogens is 4. The number of carbonyl (C=O) groups is 1. The molecule has 0 aliphatic carbocycles. The summed E-state index contributed by atoms with van der Waals surface area (Å²) in [4.78, 5) is 12.7. The van der Waals surface area contributed by atoms with Gasteiger partial charge in [0.2, 0.25) is 0 Å². The van der Waals surface area contributed by atoms with E-state index in [4.69, 9.17) is 0 Å². The van der Waals surface area contributed by atoms with Gasteiger partial charge in [-0.25, -0.2) is 4.68 Å². The third-order valence-electron chi connectivity index (χ3n) is 3.55. The molecular formula is C18H14N6OS. The van der Waals surface area contributed by atoms with Crippen LogP contribution in [0, 0.1) is 0 Å². The van der Waals surface area contributed by atoms with Gasteiger partial charge < -0.3 is 10.6 Å². The molecule has 0 unspecified atom stereocenters. The topological polar surface area (TPSA) is 84.7 Å². The fraction of sp³-hybridized carbons (Fsp3) is 0. The number of hydrogen-bond donors (Lipinski definition) is 2. The highest BCUT2D eigenvalue weighted by atomic mass is 32.1. The summed E-state index contributed by atoms with van der Waals surface area (Å²) in [7, 11) is 0. The first kappa shape index (κ1) is 16.0. The number of hydrogen-bond acceptors (Lipinski definition) is 6. The Labute approximate surface area is 153 Å². The molecule has 0 aliphatic heterocycles. The van der Waals surface area contributed by atoms with Crippen molar-refractivity contribution in [2.75, 3.05) is 10.6 Å². The van der Waals surface area contributed by atoms with E-state index >= 15 is 0 Å². The van der Waals surface area contributed by atoms with Gasteiger partial charge in [0, 0.05) is 23.8 Å². The zero-order valence-corrected chi connectivity index (χ0v) is 14.4. The second kappa shape index (κ2) is 7.16. The lowest BCUT2D eigenvalue weighted by Gasteiger charge is -2.08. The molecule has 0 aliphatic rings. The quantitative estimate of drug-likeness (QED) is 0.565. The molecule has 7 nitrogen and oxygen atoms in total. The molecule has 8 heteroatoms. The van der Waals surface area contributed by atoms with E-state index in [0.717, 1.165) is 11.4 Å². The largest absolute Gasteiger partial charge is 0.339 e. The van der Waals surface area contributed by atoms with Crippen LogP contribution in [0.3, 0.4) is 0 Å². The molecule has 3 aromatic heterocycles. The number of benzene rings is 1. The minimum Gasteiger partial charge on any atom is -0.339 e. The Kier molecular flexibility index (Phi) is 4.40. The van der Waals surface area contributed by atoms with E-state index in [-0.39, 0.29) is 5.91 Å². The molecule has 0 fully saturated rings. The minimum absolute atomic E-state index is 0.110. The van der Waals surface area contributed by atoms with Crippen molar-refractivity contribution >= 4 is 34.4 Å². The van der Waals surface area contributed by atoms with Crippen LogP contribution in [0.4, 0.5) is 17.2 Å². The van der Waals surface area contributed by atoms with Gasteiger partial charge in [-0.1, -0.05) is 6.07 Å². The van der Waals surface area contributed by atoms with Crippen molar-refractivity contribution in [3.8, 4) is 5.82 Å². The molecule has 4 aromatic rings. The highest BCUT2D eigenvalue weighted by Gasteiger charge is 2.07. The minimum atomic E-state index is -0.110. The van der Waals surface area contributed by atoms with E-state index < -0.39 is 0 Å². The van der Waals surface area contributed by atoms with Crippen LogP contribution in [-0.2, 0) is 0 Å². The normalized spacial score (nSPS) is 10.5. The van der Waals surface area contributed by atoms with Crippen molar-refractivity contribution in [3.05, 3.63) is 77.2 Å². The summed E-state index contributed by atoms with van der Waals surface area (Å²) >= 11 is 1.41. The molecule has 0 bridgehead atoms. The van der Waals surface area contributed by atoms with Gasteiger partial charge in [0.1, 0.15) is 0 Å². The van der Waals surface area contributed by atoms with Gasteiger partial charge in [0.05, 0.1) is 4.88 Å². The molecule has 0 atom stereocenters.